The highest BCUT2D eigenvalue weighted by molar-refractivity contribution is 6.23. The summed E-state index contributed by atoms with van der Waals surface area (Å²) in [7, 11) is 0. The molecule has 0 bridgehead atoms. The van der Waals surface area contributed by atoms with E-state index in [4.69, 9.17) is 0 Å². The molecule has 0 aromatic heterocycles. The Balaban J connectivity index is 1.22. The zero-order valence-electron chi connectivity index (χ0n) is 22.2. The molecular weight excluding hydrogens is 470 g/mol. The lowest BCUT2D eigenvalue weighted by atomic mass is 9.92. The van der Waals surface area contributed by atoms with E-state index in [1.54, 1.807) is 0 Å². The third-order valence-electron chi connectivity index (χ3n) is 7.63. The molecule has 0 spiro atoms. The predicted octanol–water partition coefficient (Wildman–Crippen LogP) is 10.8. The van der Waals surface area contributed by atoms with Crippen LogP contribution in [0.5, 0.6) is 0 Å². The van der Waals surface area contributed by atoms with Gasteiger partial charge < -0.3 is 4.90 Å². The van der Waals surface area contributed by atoms with Crippen molar-refractivity contribution in [2.75, 3.05) is 4.90 Å². The molecule has 1 heteroatoms. The molecule has 0 heterocycles. The van der Waals surface area contributed by atoms with E-state index in [9.17, 15) is 0 Å². The van der Waals surface area contributed by atoms with Gasteiger partial charge in [0, 0.05) is 17.1 Å². The quantitative estimate of drug-likeness (QED) is 0.168. The van der Waals surface area contributed by atoms with Crippen LogP contribution in [0.1, 0.15) is 22.3 Å². The summed E-state index contributed by atoms with van der Waals surface area (Å²) in [6, 6.07) is 46.3. The SMILES string of the molecule is Cc1ccc(N(c2ccccc2)c2ccc(C=Cc3cc4ccc5cc(C)cc6ccc(c3)c4c56)cc2)cc1. The van der Waals surface area contributed by atoms with E-state index in [1.165, 1.54) is 54.6 Å². The normalized spacial score (nSPS) is 11.7. The van der Waals surface area contributed by atoms with Crippen molar-refractivity contribution in [3.63, 3.8) is 0 Å². The Morgan fingerprint density at radius 3 is 1.44 bits per heavy atom. The summed E-state index contributed by atoms with van der Waals surface area (Å²) >= 11 is 0. The fourth-order valence-corrected chi connectivity index (χ4v) is 5.76. The first-order valence-electron chi connectivity index (χ1n) is 13.5. The molecule has 0 amide bonds. The number of anilines is 3. The fraction of sp³-hybridized carbons (Fsp3) is 0.0526. The molecule has 0 saturated carbocycles. The van der Waals surface area contributed by atoms with Crippen molar-refractivity contribution in [2.24, 2.45) is 0 Å². The van der Waals surface area contributed by atoms with Gasteiger partial charge in [0.25, 0.3) is 0 Å². The zero-order chi connectivity index (χ0) is 26.3. The van der Waals surface area contributed by atoms with E-state index >= 15 is 0 Å². The highest BCUT2D eigenvalue weighted by Crippen LogP contribution is 2.37. The average molecular weight is 500 g/mol. The second kappa shape index (κ2) is 9.45. The third-order valence-corrected chi connectivity index (χ3v) is 7.63. The molecule has 186 valence electrons. The molecule has 0 aliphatic rings. The smallest absolute Gasteiger partial charge is 0.0462 e. The average Bonchev–Trinajstić information content (AvgIpc) is 2.97. The second-order valence-electron chi connectivity index (χ2n) is 10.5. The van der Waals surface area contributed by atoms with Crippen molar-refractivity contribution in [3.05, 3.63) is 150 Å². The molecule has 7 aromatic rings. The Labute approximate surface area is 229 Å². The van der Waals surface area contributed by atoms with E-state index in [-0.39, 0.29) is 0 Å². The summed E-state index contributed by atoms with van der Waals surface area (Å²) in [6.07, 6.45) is 4.43. The molecule has 0 fully saturated rings. The Hall–Kier alpha value is -4.88. The lowest BCUT2D eigenvalue weighted by Gasteiger charge is -2.25. The highest BCUT2D eigenvalue weighted by Gasteiger charge is 2.12. The highest BCUT2D eigenvalue weighted by atomic mass is 15.1. The number of para-hydroxylation sites is 1. The van der Waals surface area contributed by atoms with Crippen molar-refractivity contribution in [2.45, 2.75) is 13.8 Å². The lowest BCUT2D eigenvalue weighted by Crippen LogP contribution is -2.09. The van der Waals surface area contributed by atoms with E-state index in [0.717, 1.165) is 17.1 Å². The molecule has 0 atom stereocenters. The Kier molecular flexibility index (Phi) is 5.64. The molecule has 0 aliphatic carbocycles. The second-order valence-corrected chi connectivity index (χ2v) is 10.5. The standard InChI is InChI=1S/C38H29N/c1-26-8-18-35(19-9-26)39(34-6-4-3-5-7-34)36-20-12-28(13-21-36)10-11-29-24-32-16-14-30-22-27(2)23-31-15-17-33(25-29)38(32)37(30)31/h3-25H,1-2H3. The van der Waals surface area contributed by atoms with Crippen molar-refractivity contribution in [3.8, 4) is 0 Å². The van der Waals surface area contributed by atoms with Crippen LogP contribution in [-0.2, 0) is 0 Å². The summed E-state index contributed by atoms with van der Waals surface area (Å²) in [5, 5.41) is 7.97. The Morgan fingerprint density at radius 2 is 0.872 bits per heavy atom. The van der Waals surface area contributed by atoms with Crippen molar-refractivity contribution < 1.29 is 0 Å². The minimum absolute atomic E-state index is 1.14. The van der Waals surface area contributed by atoms with Crippen molar-refractivity contribution in [1.82, 2.24) is 0 Å². The molecule has 0 unspecified atom stereocenters. The minimum Gasteiger partial charge on any atom is -0.311 e. The van der Waals surface area contributed by atoms with E-state index < -0.39 is 0 Å². The topological polar surface area (TPSA) is 3.24 Å². The molecule has 39 heavy (non-hydrogen) atoms. The van der Waals surface area contributed by atoms with Crippen LogP contribution < -0.4 is 4.90 Å². The summed E-state index contributed by atoms with van der Waals surface area (Å²) in [5.41, 5.74) is 8.40. The van der Waals surface area contributed by atoms with Gasteiger partial charge in [0.2, 0.25) is 0 Å². The first-order valence-corrected chi connectivity index (χ1v) is 13.5. The molecule has 1 nitrogen and oxygen atoms in total. The molecular formula is C38H29N. The van der Waals surface area contributed by atoms with Gasteiger partial charge in [0.05, 0.1) is 0 Å². The van der Waals surface area contributed by atoms with Crippen LogP contribution in [0.4, 0.5) is 17.1 Å². The van der Waals surface area contributed by atoms with E-state index in [2.05, 4.69) is 158 Å². The molecule has 0 aliphatic heterocycles. The van der Waals surface area contributed by atoms with Gasteiger partial charge in [-0.05, 0) is 111 Å². The van der Waals surface area contributed by atoms with E-state index in [0.29, 0.717) is 0 Å². The number of hydrogen-bond acceptors (Lipinski definition) is 1. The van der Waals surface area contributed by atoms with Gasteiger partial charge >= 0.3 is 0 Å². The van der Waals surface area contributed by atoms with Crippen LogP contribution in [0.3, 0.4) is 0 Å². The van der Waals surface area contributed by atoms with E-state index in [1.807, 2.05) is 0 Å². The number of benzene rings is 7. The fourth-order valence-electron chi connectivity index (χ4n) is 5.76. The van der Waals surface area contributed by atoms with Crippen LogP contribution in [0, 0.1) is 13.8 Å². The van der Waals surface area contributed by atoms with Gasteiger partial charge in [-0.3, -0.25) is 0 Å². The van der Waals surface area contributed by atoms with Gasteiger partial charge in [0.15, 0.2) is 0 Å². The molecule has 0 saturated heterocycles. The van der Waals surface area contributed by atoms with Gasteiger partial charge in [-0.2, -0.15) is 0 Å². The number of rotatable bonds is 5. The summed E-state index contributed by atoms with van der Waals surface area (Å²) < 4.78 is 0. The summed E-state index contributed by atoms with van der Waals surface area (Å²) in [4.78, 5) is 2.30. The largest absolute Gasteiger partial charge is 0.311 e. The number of aryl methyl sites for hydroxylation is 2. The van der Waals surface area contributed by atoms with Gasteiger partial charge in [0.1, 0.15) is 0 Å². The Bertz CT molecular complexity index is 1880. The molecule has 0 radical (unpaired) electrons. The lowest BCUT2D eigenvalue weighted by molar-refractivity contribution is 1.27. The summed E-state index contributed by atoms with van der Waals surface area (Å²) in [6.45, 7) is 4.30. The summed E-state index contributed by atoms with van der Waals surface area (Å²) in [5.74, 6) is 0. The maximum absolute atomic E-state index is 2.31. The maximum atomic E-state index is 2.31. The Morgan fingerprint density at radius 1 is 0.410 bits per heavy atom. The van der Waals surface area contributed by atoms with Gasteiger partial charge in [-0.25, -0.2) is 0 Å². The maximum Gasteiger partial charge on any atom is 0.0462 e. The molecule has 7 aromatic carbocycles. The number of hydrogen-bond donors (Lipinski definition) is 0. The zero-order valence-corrected chi connectivity index (χ0v) is 22.2. The van der Waals surface area contributed by atoms with Gasteiger partial charge in [-0.15, -0.1) is 0 Å². The van der Waals surface area contributed by atoms with Crippen molar-refractivity contribution >= 4 is 61.5 Å². The third kappa shape index (κ3) is 4.32. The molecule has 0 N–H and O–H groups in total. The van der Waals surface area contributed by atoms with Crippen LogP contribution >= 0.6 is 0 Å². The monoisotopic (exact) mass is 499 g/mol. The van der Waals surface area contributed by atoms with Crippen LogP contribution in [0.2, 0.25) is 0 Å². The first-order chi connectivity index (χ1) is 19.1. The minimum atomic E-state index is 1.14. The first kappa shape index (κ1) is 23.3. The van der Waals surface area contributed by atoms with Gasteiger partial charge in [-0.1, -0.05) is 96.6 Å². The van der Waals surface area contributed by atoms with Crippen LogP contribution in [-0.4, -0.2) is 0 Å². The predicted molar refractivity (Wildman–Crippen MR) is 170 cm³/mol. The van der Waals surface area contributed by atoms with Crippen molar-refractivity contribution in [1.29, 1.82) is 0 Å². The van der Waals surface area contributed by atoms with Crippen LogP contribution in [0.15, 0.2) is 127 Å². The number of nitrogens with zero attached hydrogens (tertiary/aromatic N) is 1. The molecule has 7 rings (SSSR count). The van der Waals surface area contributed by atoms with Crippen LogP contribution in [0.25, 0.3) is 44.5 Å².